The second-order valence-corrected chi connectivity index (χ2v) is 8.00. The number of nitro groups is 1. The van der Waals surface area contributed by atoms with Crippen molar-refractivity contribution in [1.29, 1.82) is 0 Å². The first-order valence-electron chi connectivity index (χ1n) is 9.52. The molecule has 0 amide bonds. The summed E-state index contributed by atoms with van der Waals surface area (Å²) in [7, 11) is 3.60. The summed E-state index contributed by atoms with van der Waals surface area (Å²) in [4.78, 5) is 13.2. The Morgan fingerprint density at radius 1 is 1.29 bits per heavy atom. The van der Waals surface area contributed by atoms with Crippen molar-refractivity contribution in [3.63, 3.8) is 0 Å². The van der Waals surface area contributed by atoms with Crippen molar-refractivity contribution >= 4 is 17.5 Å². The summed E-state index contributed by atoms with van der Waals surface area (Å²) in [6.45, 7) is 2.27. The minimum Gasteiger partial charge on any atom is -0.493 e. The van der Waals surface area contributed by atoms with Gasteiger partial charge in [0.25, 0.3) is 5.69 Å². The van der Waals surface area contributed by atoms with Crippen LogP contribution in [-0.2, 0) is 5.41 Å². The van der Waals surface area contributed by atoms with Gasteiger partial charge in [-0.05, 0) is 49.5 Å². The Morgan fingerprint density at radius 3 is 2.82 bits per heavy atom. The van der Waals surface area contributed by atoms with E-state index in [9.17, 15) is 10.1 Å². The van der Waals surface area contributed by atoms with Gasteiger partial charge in [0.1, 0.15) is 0 Å². The van der Waals surface area contributed by atoms with Crippen LogP contribution in [0.15, 0.2) is 42.0 Å². The number of fused-ring (bicyclic) bond motifs is 3. The molecule has 1 spiro atoms. The Hall–Kier alpha value is -3.02. The molecule has 144 valence electrons. The lowest BCUT2D eigenvalue weighted by Gasteiger charge is -2.53. The minimum atomic E-state index is -0.647. The average molecular weight is 378 g/mol. The number of methoxy groups -OCH3 is 1. The van der Waals surface area contributed by atoms with Crippen molar-refractivity contribution in [3.05, 3.63) is 63.2 Å². The van der Waals surface area contributed by atoms with Crippen LogP contribution < -0.4 is 14.4 Å². The number of para-hydroxylation sites is 1. The van der Waals surface area contributed by atoms with Gasteiger partial charge in [-0.2, -0.15) is 0 Å². The van der Waals surface area contributed by atoms with Crippen molar-refractivity contribution in [3.8, 4) is 11.5 Å². The monoisotopic (exact) mass is 378 g/mol. The Labute approximate surface area is 163 Å². The Kier molecular flexibility index (Phi) is 3.36. The Bertz CT molecular complexity index is 1050. The van der Waals surface area contributed by atoms with E-state index in [1.807, 2.05) is 0 Å². The van der Waals surface area contributed by atoms with Crippen LogP contribution in [0.1, 0.15) is 37.3 Å². The van der Waals surface area contributed by atoms with Gasteiger partial charge in [0.2, 0.25) is 5.72 Å². The number of hydrogen-bond acceptors (Lipinski definition) is 5. The van der Waals surface area contributed by atoms with Crippen LogP contribution in [0.3, 0.4) is 0 Å². The molecular formula is C22H22N2O4. The molecule has 1 aliphatic carbocycles. The molecule has 2 aliphatic heterocycles. The first-order chi connectivity index (χ1) is 13.4. The molecule has 0 radical (unpaired) electrons. The van der Waals surface area contributed by atoms with Crippen molar-refractivity contribution in [2.24, 2.45) is 0 Å². The lowest BCUT2D eigenvalue weighted by atomic mass is 9.64. The highest BCUT2D eigenvalue weighted by atomic mass is 16.6. The van der Waals surface area contributed by atoms with E-state index in [0.717, 1.165) is 24.8 Å². The second kappa shape index (κ2) is 5.50. The van der Waals surface area contributed by atoms with Crippen molar-refractivity contribution in [1.82, 2.24) is 0 Å². The van der Waals surface area contributed by atoms with Crippen molar-refractivity contribution in [2.45, 2.75) is 37.3 Å². The predicted octanol–water partition coefficient (Wildman–Crippen LogP) is 4.67. The average Bonchev–Trinajstić information content (AvgIpc) is 2.89. The highest BCUT2D eigenvalue weighted by molar-refractivity contribution is 5.78. The smallest absolute Gasteiger partial charge is 0.274 e. The molecule has 1 fully saturated rings. The molecule has 5 rings (SSSR count). The quantitative estimate of drug-likeness (QED) is 0.561. The maximum absolute atomic E-state index is 11.4. The molecule has 0 N–H and O–H groups in total. The summed E-state index contributed by atoms with van der Waals surface area (Å²) < 4.78 is 12.3. The lowest BCUT2D eigenvalue weighted by molar-refractivity contribution is -0.385. The molecule has 3 aliphatic rings. The minimum absolute atomic E-state index is 0.00799. The standard InChI is InChI=1S/C22H22N2O4/c1-21-10-6-7-15-11-14-12-16(24(25)26)13-19(27-3)20(14)28-22(15,21)23(2)18-9-5-4-8-17(18)21/h4-5,8-9,11-13H,6-7,10H2,1-3H3/t21-,22+/m1/s1. The SMILES string of the molecule is COc1cc([N+](=O)[O-])cc2c1O[C@@]13C(=C2)CCC[C@]1(C)c1ccccc1N3C. The summed E-state index contributed by atoms with van der Waals surface area (Å²) >= 11 is 0. The molecule has 2 atom stereocenters. The molecule has 0 unspecified atom stereocenters. The van der Waals surface area contributed by atoms with E-state index in [1.165, 1.54) is 24.4 Å². The molecule has 2 aromatic rings. The van der Waals surface area contributed by atoms with Gasteiger partial charge in [-0.3, -0.25) is 10.1 Å². The highest BCUT2D eigenvalue weighted by Gasteiger charge is 2.64. The summed E-state index contributed by atoms with van der Waals surface area (Å²) in [5, 5.41) is 11.4. The zero-order valence-electron chi connectivity index (χ0n) is 16.2. The summed E-state index contributed by atoms with van der Waals surface area (Å²) in [6, 6.07) is 11.5. The second-order valence-electron chi connectivity index (χ2n) is 8.00. The van der Waals surface area contributed by atoms with Gasteiger partial charge in [-0.25, -0.2) is 0 Å². The van der Waals surface area contributed by atoms with Crippen LogP contribution in [0.25, 0.3) is 6.08 Å². The normalized spacial score (nSPS) is 27.0. The van der Waals surface area contributed by atoms with Crippen LogP contribution in [0.2, 0.25) is 0 Å². The van der Waals surface area contributed by atoms with Gasteiger partial charge in [-0.15, -0.1) is 0 Å². The fourth-order valence-electron chi connectivity index (χ4n) is 5.46. The molecule has 6 heteroatoms. The third kappa shape index (κ3) is 1.87. The topological polar surface area (TPSA) is 64.8 Å². The largest absolute Gasteiger partial charge is 0.493 e. The van der Waals surface area contributed by atoms with Crippen LogP contribution >= 0.6 is 0 Å². The highest BCUT2D eigenvalue weighted by Crippen LogP contribution is 2.62. The molecule has 2 heterocycles. The number of nitro benzene ring substituents is 1. The number of ether oxygens (including phenoxy) is 2. The van der Waals surface area contributed by atoms with E-state index in [-0.39, 0.29) is 11.1 Å². The number of non-ortho nitro benzene ring substituents is 1. The Balaban J connectivity index is 1.77. The molecule has 6 nitrogen and oxygen atoms in total. The fraction of sp³-hybridized carbons (Fsp3) is 0.364. The van der Waals surface area contributed by atoms with Crippen molar-refractivity contribution in [2.75, 3.05) is 19.1 Å². The summed E-state index contributed by atoms with van der Waals surface area (Å²) in [5.41, 5.74) is 3.47. The summed E-state index contributed by atoms with van der Waals surface area (Å²) in [5.74, 6) is 0.968. The predicted molar refractivity (Wildman–Crippen MR) is 107 cm³/mol. The zero-order valence-corrected chi connectivity index (χ0v) is 16.2. The molecule has 2 aromatic carbocycles. The van der Waals surface area contributed by atoms with Gasteiger partial charge in [0.15, 0.2) is 11.5 Å². The van der Waals surface area contributed by atoms with Crippen LogP contribution in [0, 0.1) is 10.1 Å². The van der Waals surface area contributed by atoms with E-state index < -0.39 is 10.6 Å². The van der Waals surface area contributed by atoms with Gasteiger partial charge in [0, 0.05) is 24.4 Å². The molecule has 0 saturated heterocycles. The first-order valence-corrected chi connectivity index (χ1v) is 9.52. The fourth-order valence-corrected chi connectivity index (χ4v) is 5.46. The first kappa shape index (κ1) is 17.1. The van der Waals surface area contributed by atoms with E-state index in [4.69, 9.17) is 9.47 Å². The van der Waals surface area contributed by atoms with Gasteiger partial charge < -0.3 is 14.4 Å². The van der Waals surface area contributed by atoms with Gasteiger partial charge in [0.05, 0.1) is 23.5 Å². The number of hydrogen-bond donors (Lipinski definition) is 0. The molecule has 28 heavy (non-hydrogen) atoms. The van der Waals surface area contributed by atoms with E-state index in [2.05, 4.69) is 49.2 Å². The van der Waals surface area contributed by atoms with E-state index in [0.29, 0.717) is 17.1 Å². The number of nitrogens with zero attached hydrogens (tertiary/aromatic N) is 2. The summed E-state index contributed by atoms with van der Waals surface area (Å²) in [6.07, 6.45) is 5.04. The number of rotatable bonds is 2. The van der Waals surface area contributed by atoms with Gasteiger partial charge >= 0.3 is 0 Å². The maximum Gasteiger partial charge on any atom is 0.274 e. The van der Waals surface area contributed by atoms with E-state index >= 15 is 0 Å². The number of anilines is 1. The Morgan fingerprint density at radius 2 is 2.07 bits per heavy atom. The third-order valence-corrected chi connectivity index (χ3v) is 6.72. The number of likely N-dealkylation sites (N-methyl/N-ethyl adjacent to an activating group) is 1. The number of benzene rings is 2. The van der Waals surface area contributed by atoms with E-state index in [1.54, 1.807) is 6.07 Å². The lowest BCUT2D eigenvalue weighted by Crippen LogP contribution is -2.63. The molecule has 0 bridgehead atoms. The molecule has 1 saturated carbocycles. The van der Waals surface area contributed by atoms with Gasteiger partial charge in [-0.1, -0.05) is 18.2 Å². The van der Waals surface area contributed by atoms with Crippen LogP contribution in [0.5, 0.6) is 11.5 Å². The third-order valence-electron chi connectivity index (χ3n) is 6.72. The maximum atomic E-state index is 11.4. The zero-order chi connectivity index (χ0) is 19.7. The molecular weight excluding hydrogens is 356 g/mol. The van der Waals surface area contributed by atoms with Crippen LogP contribution in [-0.4, -0.2) is 24.8 Å². The van der Waals surface area contributed by atoms with Crippen molar-refractivity contribution < 1.29 is 14.4 Å². The molecule has 0 aromatic heterocycles. The van der Waals surface area contributed by atoms with Crippen LogP contribution in [0.4, 0.5) is 11.4 Å².